The minimum absolute atomic E-state index is 0.563. The van der Waals surface area contributed by atoms with Crippen LogP contribution in [0.2, 0.25) is 0 Å². The number of anilines is 3. The van der Waals surface area contributed by atoms with E-state index in [1.54, 1.807) is 0 Å². The van der Waals surface area contributed by atoms with Gasteiger partial charge in [0.15, 0.2) is 0 Å². The molecule has 0 saturated heterocycles. The minimum Gasteiger partial charge on any atom is -0.309 e. The topological polar surface area (TPSA) is 3.24 Å². The van der Waals surface area contributed by atoms with Crippen LogP contribution >= 0.6 is 0 Å². The molecule has 0 heterocycles. The molecule has 0 amide bonds. The second-order valence-corrected chi connectivity index (χ2v) is 17.0. The third-order valence-corrected chi connectivity index (χ3v) is 13.3. The second kappa shape index (κ2) is 17.1. The second-order valence-electron chi connectivity index (χ2n) is 17.0. The van der Waals surface area contributed by atoms with Crippen LogP contribution in [0.3, 0.4) is 0 Å². The van der Waals surface area contributed by atoms with Gasteiger partial charge in [-0.2, -0.15) is 0 Å². The van der Waals surface area contributed by atoms with E-state index in [1.807, 2.05) is 0 Å². The van der Waals surface area contributed by atoms with Crippen LogP contribution in [0, 0.1) is 0 Å². The van der Waals surface area contributed by atoms with E-state index < -0.39 is 0 Å². The zero-order valence-corrected chi connectivity index (χ0v) is 35.5. The number of rotatable bonds is 9. The standard InChI is InChI=1S/C62H49N/c1-5-21-44(22-6-1)50-41-42-60(57(43-50)47-27-11-4-12-28-47)63(58-39-15-13-33-53(58)55-37-19-31-48-29-17-35-51(61(48)55)45-23-7-2-8-24-45)59-40-16-14-34-54(59)56-38-20-32-49-30-18-36-52(62(49)56)46-25-9-3-10-26-46/h1-2,4-8,11-24,27-43,46H,3,9-10,25-26H2. The summed E-state index contributed by atoms with van der Waals surface area (Å²) in [6, 6.07) is 85.2. The van der Waals surface area contributed by atoms with E-state index >= 15 is 0 Å². The smallest absolute Gasteiger partial charge is 0.0540 e. The quantitative estimate of drug-likeness (QED) is 0.140. The summed E-state index contributed by atoms with van der Waals surface area (Å²) in [7, 11) is 0. The fraction of sp³-hybridized carbons (Fsp3) is 0.0968. The first kappa shape index (κ1) is 38.4. The van der Waals surface area contributed by atoms with Crippen LogP contribution in [0.4, 0.5) is 17.1 Å². The van der Waals surface area contributed by atoms with Gasteiger partial charge in [-0.25, -0.2) is 0 Å². The summed E-state index contributed by atoms with van der Waals surface area (Å²) in [6.07, 6.45) is 6.43. The van der Waals surface area contributed by atoms with E-state index in [1.165, 1.54) is 115 Å². The van der Waals surface area contributed by atoms with Gasteiger partial charge in [0.25, 0.3) is 0 Å². The highest BCUT2D eigenvalue weighted by atomic mass is 15.1. The van der Waals surface area contributed by atoms with Gasteiger partial charge in [-0.1, -0.05) is 226 Å². The molecule has 1 aliphatic rings. The maximum atomic E-state index is 2.56. The van der Waals surface area contributed by atoms with Gasteiger partial charge in [0.2, 0.25) is 0 Å². The number of hydrogen-bond donors (Lipinski definition) is 0. The Bertz CT molecular complexity index is 3190. The fourth-order valence-corrected chi connectivity index (χ4v) is 10.3. The van der Waals surface area contributed by atoms with Crippen LogP contribution in [0.15, 0.2) is 231 Å². The molecule has 0 N–H and O–H groups in total. The maximum Gasteiger partial charge on any atom is 0.0540 e. The number of para-hydroxylation sites is 2. The largest absolute Gasteiger partial charge is 0.309 e. The molecule has 1 fully saturated rings. The zero-order chi connectivity index (χ0) is 42.0. The van der Waals surface area contributed by atoms with E-state index in [4.69, 9.17) is 0 Å². The molecule has 302 valence electrons. The third-order valence-electron chi connectivity index (χ3n) is 13.3. The molecule has 0 bridgehead atoms. The van der Waals surface area contributed by atoms with E-state index in [9.17, 15) is 0 Å². The Labute approximate surface area is 371 Å². The number of fused-ring (bicyclic) bond motifs is 2. The number of hydrogen-bond acceptors (Lipinski definition) is 1. The van der Waals surface area contributed by atoms with Crippen LogP contribution in [0.1, 0.15) is 43.6 Å². The Morgan fingerprint density at radius 1 is 0.286 bits per heavy atom. The molecular formula is C62H49N. The van der Waals surface area contributed by atoms with Crippen molar-refractivity contribution in [2.45, 2.75) is 38.0 Å². The van der Waals surface area contributed by atoms with Crippen LogP contribution in [0.25, 0.3) is 77.2 Å². The molecule has 0 radical (unpaired) electrons. The molecule has 0 aliphatic heterocycles. The van der Waals surface area contributed by atoms with E-state index in [0.717, 1.165) is 17.1 Å². The molecule has 11 rings (SSSR count). The maximum absolute atomic E-state index is 2.56. The Morgan fingerprint density at radius 2 is 0.730 bits per heavy atom. The highest BCUT2D eigenvalue weighted by Crippen LogP contribution is 2.51. The predicted octanol–water partition coefficient (Wildman–Crippen LogP) is 17.8. The highest BCUT2D eigenvalue weighted by molar-refractivity contribution is 6.10. The lowest BCUT2D eigenvalue weighted by atomic mass is 9.80. The molecular weight excluding hydrogens is 759 g/mol. The summed E-state index contributed by atoms with van der Waals surface area (Å²) >= 11 is 0. The molecule has 1 heteroatoms. The van der Waals surface area contributed by atoms with Crippen molar-refractivity contribution in [3.05, 3.63) is 236 Å². The highest BCUT2D eigenvalue weighted by Gasteiger charge is 2.26. The van der Waals surface area contributed by atoms with E-state index in [2.05, 4.69) is 235 Å². The first-order valence-corrected chi connectivity index (χ1v) is 22.6. The molecule has 10 aromatic carbocycles. The summed E-state index contributed by atoms with van der Waals surface area (Å²) in [6.45, 7) is 0. The van der Waals surface area contributed by atoms with Gasteiger partial charge in [0.1, 0.15) is 0 Å². The monoisotopic (exact) mass is 807 g/mol. The van der Waals surface area contributed by atoms with Crippen LogP contribution in [-0.4, -0.2) is 0 Å². The molecule has 0 aromatic heterocycles. The zero-order valence-electron chi connectivity index (χ0n) is 35.5. The number of nitrogens with zero attached hydrogens (tertiary/aromatic N) is 1. The molecule has 1 nitrogen and oxygen atoms in total. The molecule has 0 atom stereocenters. The lowest BCUT2D eigenvalue weighted by molar-refractivity contribution is 0.445. The van der Waals surface area contributed by atoms with Crippen molar-refractivity contribution in [3.63, 3.8) is 0 Å². The number of benzene rings is 10. The average Bonchev–Trinajstić information content (AvgIpc) is 3.37. The molecule has 10 aromatic rings. The van der Waals surface area contributed by atoms with Gasteiger partial charge in [-0.3, -0.25) is 0 Å². The first-order chi connectivity index (χ1) is 31.3. The van der Waals surface area contributed by atoms with Gasteiger partial charge in [-0.05, 0) is 109 Å². The fourth-order valence-electron chi connectivity index (χ4n) is 10.3. The van der Waals surface area contributed by atoms with E-state index in [-0.39, 0.29) is 0 Å². The van der Waals surface area contributed by atoms with Crippen LogP contribution < -0.4 is 4.90 Å². The van der Waals surface area contributed by atoms with Gasteiger partial charge in [-0.15, -0.1) is 0 Å². The minimum atomic E-state index is 0.563. The van der Waals surface area contributed by atoms with Gasteiger partial charge >= 0.3 is 0 Å². The lowest BCUT2D eigenvalue weighted by Crippen LogP contribution is -2.14. The molecule has 0 unspecified atom stereocenters. The Kier molecular flexibility index (Phi) is 10.4. The van der Waals surface area contributed by atoms with Crippen LogP contribution in [0.5, 0.6) is 0 Å². The van der Waals surface area contributed by atoms with Crippen LogP contribution in [-0.2, 0) is 0 Å². The first-order valence-electron chi connectivity index (χ1n) is 22.6. The summed E-state index contributed by atoms with van der Waals surface area (Å²) in [5, 5.41) is 5.16. The van der Waals surface area contributed by atoms with Crippen molar-refractivity contribution < 1.29 is 0 Å². The third kappa shape index (κ3) is 7.30. The van der Waals surface area contributed by atoms with Gasteiger partial charge in [0.05, 0.1) is 17.1 Å². The Morgan fingerprint density at radius 3 is 1.33 bits per heavy atom. The van der Waals surface area contributed by atoms with Gasteiger partial charge < -0.3 is 4.90 Å². The summed E-state index contributed by atoms with van der Waals surface area (Å²) in [4.78, 5) is 2.56. The Hall–Kier alpha value is -7.48. The summed E-state index contributed by atoms with van der Waals surface area (Å²) < 4.78 is 0. The van der Waals surface area contributed by atoms with Crippen molar-refractivity contribution in [1.29, 1.82) is 0 Å². The van der Waals surface area contributed by atoms with Crippen molar-refractivity contribution in [2.75, 3.05) is 4.90 Å². The molecule has 1 saturated carbocycles. The van der Waals surface area contributed by atoms with Crippen molar-refractivity contribution in [2.24, 2.45) is 0 Å². The SMILES string of the molecule is c1ccc(-c2ccc(N(c3ccccc3-c3cccc4cccc(-c5ccccc5)c34)c3ccccc3-c3cccc4cccc(C5CCCCC5)c34)c(-c3ccccc3)c2)cc1. The van der Waals surface area contributed by atoms with Crippen molar-refractivity contribution >= 4 is 38.6 Å². The molecule has 1 aliphatic carbocycles. The molecule has 0 spiro atoms. The van der Waals surface area contributed by atoms with E-state index in [0.29, 0.717) is 5.92 Å². The predicted molar refractivity (Wildman–Crippen MR) is 269 cm³/mol. The van der Waals surface area contributed by atoms with Gasteiger partial charge in [0, 0.05) is 16.7 Å². The summed E-state index contributed by atoms with van der Waals surface area (Å²) in [5.41, 5.74) is 16.9. The summed E-state index contributed by atoms with van der Waals surface area (Å²) in [5.74, 6) is 0.563. The lowest BCUT2D eigenvalue weighted by Gasteiger charge is -2.32. The van der Waals surface area contributed by atoms with Crippen molar-refractivity contribution in [3.8, 4) is 55.6 Å². The normalized spacial score (nSPS) is 13.0. The van der Waals surface area contributed by atoms with Crippen molar-refractivity contribution in [1.82, 2.24) is 0 Å². The molecule has 63 heavy (non-hydrogen) atoms. The Balaban J connectivity index is 1.22. The average molecular weight is 808 g/mol.